The molecule has 0 aliphatic carbocycles. The van der Waals surface area contributed by atoms with Gasteiger partial charge in [-0.3, -0.25) is 4.57 Å². The standard InChI is InChI=1S/C5H13O3P.Cu/c1-4-5(2,3)9(6,7)8;/h4H2,1-3H3,(H2,6,7,8);. The van der Waals surface area contributed by atoms with E-state index >= 15 is 0 Å². The zero-order valence-corrected chi connectivity index (χ0v) is 8.09. The summed E-state index contributed by atoms with van der Waals surface area (Å²) in [5.41, 5.74) is 0. The Morgan fingerprint density at radius 3 is 1.70 bits per heavy atom. The van der Waals surface area contributed by atoms with Gasteiger partial charge in [0.05, 0.1) is 5.16 Å². The molecule has 0 bridgehead atoms. The quantitative estimate of drug-likeness (QED) is 0.540. The van der Waals surface area contributed by atoms with Gasteiger partial charge >= 0.3 is 7.60 Å². The van der Waals surface area contributed by atoms with E-state index in [1.807, 2.05) is 0 Å². The summed E-state index contributed by atoms with van der Waals surface area (Å²) < 4.78 is 10.6. The Bertz CT molecular complexity index is 140. The van der Waals surface area contributed by atoms with Crippen molar-refractivity contribution >= 4 is 7.60 Å². The SMILES string of the molecule is CCC(C)(C)P(=O)(O)O.[Cu]. The third kappa shape index (κ3) is 3.18. The Kier molecular flexibility index (Phi) is 5.16. The molecule has 3 nitrogen and oxygen atoms in total. The Balaban J connectivity index is 0. The topological polar surface area (TPSA) is 57.5 Å². The van der Waals surface area contributed by atoms with Gasteiger partial charge in [0.1, 0.15) is 0 Å². The molecule has 0 saturated heterocycles. The molecule has 0 unspecified atom stereocenters. The Hall–Kier alpha value is 0.669. The molecule has 0 heterocycles. The molecular formula is C5H13CuO3P. The Morgan fingerprint density at radius 1 is 1.40 bits per heavy atom. The van der Waals surface area contributed by atoms with Gasteiger partial charge in [-0.2, -0.15) is 0 Å². The molecule has 2 N–H and O–H groups in total. The first-order valence-electron chi connectivity index (χ1n) is 2.87. The molecule has 0 aliphatic rings. The van der Waals surface area contributed by atoms with Gasteiger partial charge in [0, 0.05) is 17.1 Å². The van der Waals surface area contributed by atoms with Crippen LogP contribution < -0.4 is 0 Å². The predicted molar refractivity (Wildman–Crippen MR) is 36.4 cm³/mol. The van der Waals surface area contributed by atoms with Gasteiger partial charge < -0.3 is 9.79 Å². The summed E-state index contributed by atoms with van der Waals surface area (Å²) in [5, 5.41) is -0.854. The van der Waals surface area contributed by atoms with Crippen LogP contribution >= 0.6 is 7.60 Å². The molecule has 0 fully saturated rings. The minimum absolute atomic E-state index is 0. The maximum atomic E-state index is 10.6. The third-order valence-electron chi connectivity index (χ3n) is 1.65. The van der Waals surface area contributed by atoms with Crippen molar-refractivity contribution in [3.63, 3.8) is 0 Å². The van der Waals surface area contributed by atoms with Crippen molar-refractivity contribution in [3.05, 3.63) is 0 Å². The van der Waals surface area contributed by atoms with Gasteiger partial charge in [0.15, 0.2) is 0 Å². The Labute approximate surface area is 71.8 Å². The summed E-state index contributed by atoms with van der Waals surface area (Å²) in [5.74, 6) is 0. The summed E-state index contributed by atoms with van der Waals surface area (Å²) in [6, 6.07) is 0. The van der Waals surface area contributed by atoms with Gasteiger partial charge in [-0.25, -0.2) is 0 Å². The van der Waals surface area contributed by atoms with E-state index in [0.717, 1.165) is 0 Å². The van der Waals surface area contributed by atoms with Gasteiger partial charge in [0.2, 0.25) is 0 Å². The van der Waals surface area contributed by atoms with E-state index in [1.54, 1.807) is 20.8 Å². The molecule has 0 atom stereocenters. The average molecular weight is 216 g/mol. The Morgan fingerprint density at radius 2 is 1.70 bits per heavy atom. The van der Waals surface area contributed by atoms with Crippen LogP contribution in [-0.2, 0) is 21.6 Å². The van der Waals surface area contributed by atoms with E-state index in [1.165, 1.54) is 0 Å². The summed E-state index contributed by atoms with van der Waals surface area (Å²) in [7, 11) is -3.87. The largest absolute Gasteiger partial charge is 0.331 e. The average Bonchev–Trinajstić information content (AvgIpc) is 1.64. The van der Waals surface area contributed by atoms with Crippen molar-refractivity contribution in [2.75, 3.05) is 0 Å². The summed E-state index contributed by atoms with van der Waals surface area (Å²) in [6.45, 7) is 4.89. The second kappa shape index (κ2) is 3.89. The maximum Gasteiger partial charge on any atom is 0.331 e. The first kappa shape index (κ1) is 13.3. The van der Waals surface area contributed by atoms with Crippen LogP contribution in [0.15, 0.2) is 0 Å². The molecule has 5 heteroatoms. The zero-order chi connectivity index (χ0) is 7.71. The number of hydrogen-bond acceptors (Lipinski definition) is 1. The number of rotatable bonds is 2. The monoisotopic (exact) mass is 215 g/mol. The second-order valence-electron chi connectivity index (χ2n) is 2.71. The van der Waals surface area contributed by atoms with Crippen LogP contribution in [0.1, 0.15) is 27.2 Å². The third-order valence-corrected chi connectivity index (χ3v) is 3.55. The molecule has 1 radical (unpaired) electrons. The molecule has 0 aromatic rings. The van der Waals surface area contributed by atoms with E-state index in [-0.39, 0.29) is 17.1 Å². The molecule has 67 valence electrons. The van der Waals surface area contributed by atoms with Crippen LogP contribution in [0.5, 0.6) is 0 Å². The fourth-order valence-corrected chi connectivity index (χ4v) is 0.618. The fourth-order valence-electron chi connectivity index (χ4n) is 0.206. The van der Waals surface area contributed by atoms with Crippen LogP contribution in [0.2, 0.25) is 0 Å². The van der Waals surface area contributed by atoms with Crippen molar-refractivity contribution in [2.45, 2.75) is 32.3 Å². The molecular weight excluding hydrogens is 203 g/mol. The fraction of sp³-hybridized carbons (Fsp3) is 1.00. The molecule has 10 heavy (non-hydrogen) atoms. The molecule has 0 rings (SSSR count). The second-order valence-corrected chi connectivity index (χ2v) is 5.01. The normalized spacial score (nSPS) is 12.5. The summed E-state index contributed by atoms with van der Waals surface area (Å²) in [4.78, 5) is 17.3. The van der Waals surface area contributed by atoms with Crippen molar-refractivity contribution < 1.29 is 31.4 Å². The van der Waals surface area contributed by atoms with Crippen molar-refractivity contribution in [2.24, 2.45) is 0 Å². The first-order chi connectivity index (χ1) is 3.81. The van der Waals surface area contributed by atoms with Crippen LogP contribution in [0, 0.1) is 0 Å². The molecule has 0 aliphatic heterocycles. The molecule has 0 amide bonds. The van der Waals surface area contributed by atoms with E-state index in [4.69, 9.17) is 9.79 Å². The van der Waals surface area contributed by atoms with Crippen LogP contribution in [0.4, 0.5) is 0 Å². The molecule has 0 saturated carbocycles. The first-order valence-corrected chi connectivity index (χ1v) is 4.48. The number of hydrogen-bond donors (Lipinski definition) is 2. The molecule has 0 spiro atoms. The minimum atomic E-state index is -3.87. The van der Waals surface area contributed by atoms with Crippen LogP contribution in [0.3, 0.4) is 0 Å². The van der Waals surface area contributed by atoms with Crippen LogP contribution in [-0.4, -0.2) is 14.9 Å². The van der Waals surface area contributed by atoms with Gasteiger partial charge in [-0.1, -0.05) is 6.92 Å². The van der Waals surface area contributed by atoms with E-state index in [0.29, 0.717) is 6.42 Å². The van der Waals surface area contributed by atoms with Crippen molar-refractivity contribution in [1.82, 2.24) is 0 Å². The van der Waals surface area contributed by atoms with E-state index in [9.17, 15) is 4.57 Å². The smallest absolute Gasteiger partial charge is 0.324 e. The van der Waals surface area contributed by atoms with Crippen molar-refractivity contribution in [1.29, 1.82) is 0 Å². The van der Waals surface area contributed by atoms with Gasteiger partial charge in [-0.05, 0) is 20.3 Å². The van der Waals surface area contributed by atoms with E-state index in [2.05, 4.69) is 0 Å². The summed E-state index contributed by atoms with van der Waals surface area (Å²) in [6.07, 6.45) is 0.497. The van der Waals surface area contributed by atoms with E-state index < -0.39 is 12.8 Å². The van der Waals surface area contributed by atoms with Gasteiger partial charge in [0.25, 0.3) is 0 Å². The summed E-state index contributed by atoms with van der Waals surface area (Å²) >= 11 is 0. The minimum Gasteiger partial charge on any atom is -0.324 e. The predicted octanol–water partition coefficient (Wildman–Crippen LogP) is 1.35. The van der Waals surface area contributed by atoms with Gasteiger partial charge in [-0.15, -0.1) is 0 Å². The molecule has 0 aromatic heterocycles. The van der Waals surface area contributed by atoms with Crippen molar-refractivity contribution in [3.8, 4) is 0 Å². The zero-order valence-electron chi connectivity index (χ0n) is 6.26. The van der Waals surface area contributed by atoms with Crippen LogP contribution in [0.25, 0.3) is 0 Å². The maximum absolute atomic E-state index is 10.6. The molecule has 0 aromatic carbocycles.